The predicted molar refractivity (Wildman–Crippen MR) is 297 cm³/mol. The van der Waals surface area contributed by atoms with Crippen molar-refractivity contribution in [3.63, 3.8) is 0 Å². The maximum atomic E-state index is 13.7. The van der Waals surface area contributed by atoms with Gasteiger partial charge in [-0.15, -0.1) is 35.1 Å². The Labute approximate surface area is 469 Å². The highest BCUT2D eigenvalue weighted by atomic mass is 35.5. The van der Waals surface area contributed by atoms with Gasteiger partial charge in [0.1, 0.15) is 34.5 Å². The number of halogens is 8. The summed E-state index contributed by atoms with van der Waals surface area (Å²) >= 11 is 6.58. The average Bonchev–Trinajstić information content (AvgIpc) is 4.26. The maximum Gasteiger partial charge on any atom is 0.426 e. The molecule has 20 heteroatoms. The molecule has 8 rings (SSSR count). The number of rotatable bonds is 22. The van der Waals surface area contributed by atoms with Crippen molar-refractivity contribution in [2.24, 2.45) is 0 Å². The number of esters is 2. The third kappa shape index (κ3) is 19.4. The summed E-state index contributed by atoms with van der Waals surface area (Å²) in [6.45, 7) is 5.99. The second-order valence-corrected chi connectivity index (χ2v) is 20.6. The van der Waals surface area contributed by atoms with E-state index in [1.807, 2.05) is 30.3 Å². The van der Waals surface area contributed by atoms with Gasteiger partial charge in [0.2, 0.25) is 11.1 Å². The fourth-order valence-electron chi connectivity index (χ4n) is 8.55. The molecule has 0 spiro atoms. The molecule has 0 saturated carbocycles. The number of hydrogen-bond donors (Lipinski definition) is 1. The number of alkyl halides is 6. The van der Waals surface area contributed by atoms with Crippen LogP contribution in [-0.4, -0.2) is 49.4 Å². The van der Waals surface area contributed by atoms with E-state index >= 15 is 0 Å². The van der Waals surface area contributed by atoms with Gasteiger partial charge in [-0.05, 0) is 135 Å². The summed E-state index contributed by atoms with van der Waals surface area (Å²) in [6.07, 6.45) is -1.05. The van der Waals surface area contributed by atoms with Crippen LogP contribution in [0.15, 0.2) is 109 Å². The zero-order chi connectivity index (χ0) is 55.4. The molecular weight excluding hydrogens is 1100 g/mol. The molecule has 420 valence electrons. The third-order valence-corrected chi connectivity index (χ3v) is 14.7. The van der Waals surface area contributed by atoms with Crippen LogP contribution < -0.4 is 19.7 Å². The second kappa shape index (κ2) is 30.9. The van der Waals surface area contributed by atoms with Crippen LogP contribution in [0.5, 0.6) is 11.5 Å². The largest absolute Gasteiger partial charge is 0.488 e. The van der Waals surface area contributed by atoms with Crippen LogP contribution >= 0.6 is 46.7 Å². The molecule has 10 nitrogen and oxygen atoms in total. The number of carbonyl (C=O) groups excluding carboxylic acids is 4. The number of nitrogens with one attached hydrogen (secondary N) is 1. The van der Waals surface area contributed by atoms with Crippen LogP contribution in [-0.2, 0) is 67.1 Å². The van der Waals surface area contributed by atoms with Crippen LogP contribution in [0.2, 0.25) is 0 Å². The SMILES string of the molecule is CCOC(=O)CCCCCC(=O)Cl.CCOC(=O)CCCCCC(=O)N1CCc2cc(OCc3cc(-c4ccccc4)c(C(F)(F)F)s3)ccc21.Cl.FC(F)(F)c1sc(COc2ccc3c(c2)CCN3)cc1-c1ccccc1. The number of thiophene rings is 2. The Morgan fingerprint density at radius 3 is 1.55 bits per heavy atom. The van der Waals surface area contributed by atoms with E-state index in [0.29, 0.717) is 108 Å². The van der Waals surface area contributed by atoms with E-state index in [2.05, 4.69) is 5.32 Å². The standard InChI is InChI=1S/C29H30F3NO4S.C20H16F3NOS.C9H15ClO3.ClH/c1-2-36-27(35)12-8-4-7-11-26(34)33-16-15-21-17-22(13-14-25(21)33)37-19-23-18-24(20-9-5-3-6-10-20)28(38-23)29(30,31)32;21-20(22,23)19-17(13-4-2-1-3-5-13)11-16(26-19)12-25-15-6-7-18-14(10-15)8-9-24-18;1-2-13-9(12)7-5-3-4-6-8(10)11;/h3,5-6,9-10,13-14,17-18H,2,4,7-8,11-12,15-16,19H2,1H3;1-7,10-11,24H,8-9,12H2;2-7H2,1H3;1H. The quantitative estimate of drug-likeness (QED) is 0.0307. The molecule has 0 saturated heterocycles. The van der Waals surface area contributed by atoms with Gasteiger partial charge in [0.25, 0.3) is 0 Å². The molecule has 0 radical (unpaired) electrons. The van der Waals surface area contributed by atoms with Crippen molar-refractivity contribution in [2.45, 2.75) is 116 Å². The first-order valence-electron chi connectivity index (χ1n) is 25.5. The van der Waals surface area contributed by atoms with Crippen molar-refractivity contribution >= 4 is 81.1 Å². The molecular formula is C58H62Cl2F6N2O8S2. The lowest BCUT2D eigenvalue weighted by Gasteiger charge is -2.17. The van der Waals surface area contributed by atoms with Crippen molar-refractivity contribution in [1.82, 2.24) is 0 Å². The van der Waals surface area contributed by atoms with Crippen LogP contribution in [0.3, 0.4) is 0 Å². The van der Waals surface area contributed by atoms with Gasteiger partial charge in [-0.25, -0.2) is 0 Å². The van der Waals surface area contributed by atoms with Gasteiger partial charge in [-0.2, -0.15) is 26.3 Å². The topological polar surface area (TPSA) is 120 Å². The van der Waals surface area contributed by atoms with E-state index in [9.17, 15) is 45.5 Å². The summed E-state index contributed by atoms with van der Waals surface area (Å²) in [5, 5.41) is 2.96. The summed E-state index contributed by atoms with van der Waals surface area (Å²) in [6, 6.07) is 31.5. The highest BCUT2D eigenvalue weighted by molar-refractivity contribution is 7.13. The van der Waals surface area contributed by atoms with Gasteiger partial charge in [0, 0.05) is 71.0 Å². The smallest absolute Gasteiger partial charge is 0.426 e. The van der Waals surface area contributed by atoms with Crippen molar-refractivity contribution < 1.29 is 64.5 Å². The van der Waals surface area contributed by atoms with Crippen LogP contribution in [0, 0.1) is 0 Å². The van der Waals surface area contributed by atoms with Gasteiger partial charge < -0.3 is 29.2 Å². The lowest BCUT2D eigenvalue weighted by Crippen LogP contribution is -2.28. The number of nitrogens with zero attached hydrogens (tertiary/aromatic N) is 1. The maximum absolute atomic E-state index is 13.7. The number of hydrogen-bond acceptors (Lipinski definition) is 11. The monoisotopic (exact) mass is 1160 g/mol. The molecule has 0 fully saturated rings. The molecule has 78 heavy (non-hydrogen) atoms. The minimum atomic E-state index is -4.45. The van der Waals surface area contributed by atoms with Crippen molar-refractivity contribution in [3.8, 4) is 33.8 Å². The summed E-state index contributed by atoms with van der Waals surface area (Å²) in [4.78, 5) is 46.9. The highest BCUT2D eigenvalue weighted by Gasteiger charge is 2.37. The average molecular weight is 1160 g/mol. The molecule has 6 aromatic rings. The predicted octanol–water partition coefficient (Wildman–Crippen LogP) is 16.1. The number of unbranched alkanes of at least 4 members (excludes halogenated alkanes) is 4. The number of benzene rings is 4. The summed E-state index contributed by atoms with van der Waals surface area (Å²) in [7, 11) is 0. The summed E-state index contributed by atoms with van der Waals surface area (Å²) in [5.41, 5.74) is 5.54. The molecule has 2 aromatic heterocycles. The van der Waals surface area contributed by atoms with E-state index < -0.39 is 22.1 Å². The minimum absolute atomic E-state index is 0. The zero-order valence-electron chi connectivity index (χ0n) is 43.2. The number of anilines is 2. The lowest BCUT2D eigenvalue weighted by molar-refractivity contribution is -0.144. The highest BCUT2D eigenvalue weighted by Crippen LogP contribution is 2.45. The van der Waals surface area contributed by atoms with E-state index in [4.69, 9.17) is 30.5 Å². The van der Waals surface area contributed by atoms with Crippen molar-refractivity contribution in [2.75, 3.05) is 36.5 Å². The van der Waals surface area contributed by atoms with Gasteiger partial charge in [-0.1, -0.05) is 73.5 Å². The van der Waals surface area contributed by atoms with Crippen molar-refractivity contribution in [1.29, 1.82) is 0 Å². The first-order chi connectivity index (χ1) is 36.9. The van der Waals surface area contributed by atoms with Crippen LogP contribution in [0.25, 0.3) is 22.3 Å². The van der Waals surface area contributed by atoms with Gasteiger partial charge in [0.05, 0.1) is 13.2 Å². The molecule has 0 bridgehead atoms. The Morgan fingerprint density at radius 1 is 0.590 bits per heavy atom. The van der Waals surface area contributed by atoms with Gasteiger partial charge in [-0.3, -0.25) is 19.2 Å². The van der Waals surface area contributed by atoms with E-state index in [1.165, 1.54) is 5.56 Å². The molecule has 1 amide bonds. The lowest BCUT2D eigenvalue weighted by atomic mass is 10.1. The summed E-state index contributed by atoms with van der Waals surface area (Å²) in [5.74, 6) is 0.901. The molecule has 4 aromatic carbocycles. The Morgan fingerprint density at radius 2 is 1.06 bits per heavy atom. The number of carbonyl (C=O) groups is 4. The molecule has 0 unspecified atom stereocenters. The van der Waals surface area contributed by atoms with Crippen LogP contribution in [0.4, 0.5) is 37.7 Å². The molecule has 0 aliphatic carbocycles. The van der Waals surface area contributed by atoms with E-state index in [0.717, 1.165) is 66.9 Å². The van der Waals surface area contributed by atoms with Crippen molar-refractivity contribution in [3.05, 3.63) is 140 Å². The molecule has 1 N–H and O–H groups in total. The van der Waals surface area contributed by atoms with E-state index in [1.54, 1.807) is 97.6 Å². The first-order valence-corrected chi connectivity index (χ1v) is 27.5. The molecule has 0 atom stereocenters. The Bertz CT molecular complexity index is 2880. The Balaban J connectivity index is 0.000000242. The summed E-state index contributed by atoms with van der Waals surface area (Å²) < 4.78 is 103. The van der Waals surface area contributed by atoms with Gasteiger partial charge in [0.15, 0.2) is 0 Å². The Kier molecular flexibility index (Phi) is 24.9. The molecule has 4 heterocycles. The third-order valence-electron chi connectivity index (χ3n) is 12.2. The number of amides is 1. The van der Waals surface area contributed by atoms with E-state index in [-0.39, 0.29) is 59.8 Å². The second-order valence-electron chi connectivity index (χ2n) is 17.9. The Hall–Kier alpha value is -6.08. The van der Waals surface area contributed by atoms with Crippen LogP contribution in [0.1, 0.15) is 109 Å². The molecule has 2 aliphatic rings. The fourth-order valence-corrected chi connectivity index (χ4v) is 10.6. The fraction of sp³-hybridized carbons (Fsp3) is 0.379. The minimum Gasteiger partial charge on any atom is -0.488 e. The van der Waals surface area contributed by atoms with Gasteiger partial charge >= 0.3 is 24.3 Å². The number of ether oxygens (including phenoxy) is 4. The number of fused-ring (bicyclic) bond motifs is 2. The molecule has 2 aliphatic heterocycles. The first kappa shape index (κ1) is 62.8. The zero-order valence-corrected chi connectivity index (χ0v) is 46.4. The normalized spacial score (nSPS) is 12.3.